The number of furan rings is 1. The predicted molar refractivity (Wildman–Crippen MR) is 115 cm³/mol. The average molecular weight is 413 g/mol. The average Bonchev–Trinajstić information content (AvgIpc) is 3.54. The van der Waals surface area contributed by atoms with Crippen molar-refractivity contribution in [2.24, 2.45) is 5.10 Å². The van der Waals surface area contributed by atoms with Gasteiger partial charge in [-0.25, -0.2) is 9.78 Å². The smallest absolute Gasteiger partial charge is 0.219 e. The van der Waals surface area contributed by atoms with Gasteiger partial charge < -0.3 is 4.42 Å². The summed E-state index contributed by atoms with van der Waals surface area (Å²) in [7, 11) is 0. The van der Waals surface area contributed by atoms with Crippen molar-refractivity contribution in [2.45, 2.75) is 0 Å². The molecule has 146 valence electrons. The lowest BCUT2D eigenvalue weighted by atomic mass is 10.1. The van der Waals surface area contributed by atoms with Crippen molar-refractivity contribution in [1.29, 1.82) is 0 Å². The SMILES string of the molecule is S=c1[nH]nc(-c2ccco2)n1/N=C\c1cn(-c2ccccc2)nc1-c1ccncc1. The molecule has 8 nitrogen and oxygen atoms in total. The van der Waals surface area contributed by atoms with E-state index < -0.39 is 0 Å². The molecule has 4 heterocycles. The number of benzene rings is 1. The topological polar surface area (TPSA) is 89.8 Å². The fourth-order valence-electron chi connectivity index (χ4n) is 3.01. The number of pyridine rings is 1. The van der Waals surface area contributed by atoms with Gasteiger partial charge in [-0.3, -0.25) is 4.98 Å². The molecule has 0 fully saturated rings. The van der Waals surface area contributed by atoms with Crippen LogP contribution in [-0.4, -0.2) is 35.9 Å². The summed E-state index contributed by atoms with van der Waals surface area (Å²) in [6.07, 6.45) is 8.68. The molecule has 0 unspecified atom stereocenters. The third-order valence-corrected chi connectivity index (χ3v) is 4.69. The highest BCUT2D eigenvalue weighted by Gasteiger charge is 2.13. The molecule has 30 heavy (non-hydrogen) atoms. The van der Waals surface area contributed by atoms with Crippen LogP contribution in [0.1, 0.15) is 5.56 Å². The minimum Gasteiger partial charge on any atom is -0.461 e. The number of aromatic amines is 1. The third kappa shape index (κ3) is 3.38. The van der Waals surface area contributed by atoms with Crippen molar-refractivity contribution in [3.05, 3.63) is 89.8 Å². The number of rotatable bonds is 5. The van der Waals surface area contributed by atoms with Gasteiger partial charge in [0.05, 0.1) is 18.2 Å². The quantitative estimate of drug-likeness (QED) is 0.342. The first-order valence-corrected chi connectivity index (χ1v) is 9.51. The van der Waals surface area contributed by atoms with Crippen molar-refractivity contribution < 1.29 is 4.42 Å². The molecule has 0 saturated heterocycles. The number of nitrogens with zero attached hydrogens (tertiary/aromatic N) is 6. The van der Waals surface area contributed by atoms with Gasteiger partial charge in [0.2, 0.25) is 10.6 Å². The van der Waals surface area contributed by atoms with E-state index in [1.54, 1.807) is 37.0 Å². The molecule has 5 rings (SSSR count). The second kappa shape index (κ2) is 7.72. The second-order valence-corrected chi connectivity index (χ2v) is 6.72. The predicted octanol–water partition coefficient (Wildman–Crippen LogP) is 4.33. The van der Waals surface area contributed by atoms with Crippen LogP contribution < -0.4 is 0 Å². The summed E-state index contributed by atoms with van der Waals surface area (Å²) in [6.45, 7) is 0. The Kier molecular flexibility index (Phi) is 4.62. The van der Waals surface area contributed by atoms with Crippen molar-refractivity contribution in [1.82, 2.24) is 29.6 Å². The zero-order valence-corrected chi connectivity index (χ0v) is 16.4. The Morgan fingerprint density at radius 2 is 1.87 bits per heavy atom. The minimum atomic E-state index is 0.360. The largest absolute Gasteiger partial charge is 0.461 e. The van der Waals surface area contributed by atoms with Gasteiger partial charge in [-0.1, -0.05) is 18.2 Å². The van der Waals surface area contributed by atoms with Crippen molar-refractivity contribution >= 4 is 18.4 Å². The summed E-state index contributed by atoms with van der Waals surface area (Å²) in [5.74, 6) is 1.05. The standard InChI is InChI=1S/C21H15N7OS/c30-21-25-24-20(18-7-4-12-29-18)28(21)23-13-16-14-27(17-5-2-1-3-6-17)26-19(16)15-8-10-22-11-9-15/h1-14H,(H,25,30)/b23-13-. The molecule has 9 heteroatoms. The Labute approximate surface area is 176 Å². The molecular weight excluding hydrogens is 398 g/mol. The Bertz CT molecular complexity index is 1350. The van der Waals surface area contributed by atoms with E-state index in [1.807, 2.05) is 53.3 Å². The summed E-state index contributed by atoms with van der Waals surface area (Å²) in [6, 6.07) is 17.3. The van der Waals surface area contributed by atoms with E-state index in [-0.39, 0.29) is 0 Å². The maximum absolute atomic E-state index is 5.43. The van der Waals surface area contributed by atoms with E-state index in [1.165, 1.54) is 4.68 Å². The molecule has 1 aromatic carbocycles. The molecule has 0 radical (unpaired) electrons. The first kappa shape index (κ1) is 18.0. The summed E-state index contributed by atoms with van der Waals surface area (Å²) in [5.41, 5.74) is 3.48. The van der Waals surface area contributed by atoms with Crippen molar-refractivity contribution in [2.75, 3.05) is 0 Å². The minimum absolute atomic E-state index is 0.360. The van der Waals surface area contributed by atoms with Gasteiger partial charge in [-0.2, -0.15) is 14.9 Å². The van der Waals surface area contributed by atoms with Gasteiger partial charge in [-0.05, 0) is 48.6 Å². The van der Waals surface area contributed by atoms with E-state index >= 15 is 0 Å². The number of nitrogens with one attached hydrogen (secondary N) is 1. The maximum atomic E-state index is 5.43. The van der Waals surface area contributed by atoms with Gasteiger partial charge in [-0.15, -0.1) is 5.10 Å². The zero-order valence-electron chi connectivity index (χ0n) is 15.6. The van der Waals surface area contributed by atoms with E-state index in [4.69, 9.17) is 21.7 Å². The summed E-state index contributed by atoms with van der Waals surface area (Å²) in [5, 5.41) is 16.3. The number of aromatic nitrogens is 6. The number of hydrogen-bond acceptors (Lipinski definition) is 6. The number of H-pyrrole nitrogens is 1. The monoisotopic (exact) mass is 413 g/mol. The third-order valence-electron chi connectivity index (χ3n) is 4.42. The van der Waals surface area contributed by atoms with E-state index in [2.05, 4.69) is 20.3 Å². The Morgan fingerprint density at radius 1 is 1.03 bits per heavy atom. The van der Waals surface area contributed by atoms with E-state index in [9.17, 15) is 0 Å². The second-order valence-electron chi connectivity index (χ2n) is 6.34. The Balaban J connectivity index is 1.60. The van der Waals surface area contributed by atoms with Crippen LogP contribution in [0, 0.1) is 4.77 Å². The van der Waals surface area contributed by atoms with Crippen molar-refractivity contribution in [3.63, 3.8) is 0 Å². The maximum Gasteiger partial charge on any atom is 0.219 e. The molecule has 4 aromatic heterocycles. The van der Waals surface area contributed by atoms with Crippen LogP contribution in [0.2, 0.25) is 0 Å². The summed E-state index contributed by atoms with van der Waals surface area (Å²) in [4.78, 5) is 4.09. The molecule has 1 N–H and O–H groups in total. The van der Waals surface area contributed by atoms with Gasteiger partial charge in [0.15, 0.2) is 5.76 Å². The molecular formula is C21H15N7OS. The Morgan fingerprint density at radius 3 is 2.63 bits per heavy atom. The molecule has 5 aromatic rings. The molecule has 0 aliphatic carbocycles. The molecule has 0 spiro atoms. The lowest BCUT2D eigenvalue weighted by Crippen LogP contribution is -1.94. The fraction of sp³-hybridized carbons (Fsp3) is 0. The first-order chi connectivity index (χ1) is 14.8. The molecule has 0 aliphatic heterocycles. The van der Waals surface area contributed by atoms with Gasteiger partial charge in [0, 0.05) is 29.7 Å². The first-order valence-electron chi connectivity index (χ1n) is 9.11. The summed E-state index contributed by atoms with van der Waals surface area (Å²) < 4.78 is 9.13. The zero-order chi connectivity index (χ0) is 20.3. The molecule has 0 bridgehead atoms. The van der Waals surface area contributed by atoms with Crippen LogP contribution in [0.5, 0.6) is 0 Å². The molecule has 0 saturated carbocycles. The fourth-order valence-corrected chi connectivity index (χ4v) is 3.19. The van der Waals surface area contributed by atoms with Gasteiger partial charge in [0.25, 0.3) is 0 Å². The van der Waals surface area contributed by atoms with Crippen LogP contribution in [0.3, 0.4) is 0 Å². The lowest BCUT2D eigenvalue weighted by Gasteiger charge is -2.00. The van der Waals surface area contributed by atoms with E-state index in [0.29, 0.717) is 16.4 Å². The van der Waals surface area contributed by atoms with E-state index in [0.717, 1.165) is 22.5 Å². The molecule has 0 atom stereocenters. The number of para-hydroxylation sites is 1. The van der Waals surface area contributed by atoms with Gasteiger partial charge >= 0.3 is 0 Å². The summed E-state index contributed by atoms with van der Waals surface area (Å²) >= 11 is 5.33. The normalized spacial score (nSPS) is 11.3. The molecule has 0 amide bonds. The van der Waals surface area contributed by atoms with Gasteiger partial charge in [0.1, 0.15) is 5.69 Å². The lowest BCUT2D eigenvalue weighted by molar-refractivity contribution is 0.573. The highest BCUT2D eigenvalue weighted by Crippen LogP contribution is 2.23. The Hall–Kier alpha value is -4.11. The highest BCUT2D eigenvalue weighted by molar-refractivity contribution is 7.71. The van der Waals surface area contributed by atoms with Crippen molar-refractivity contribution in [3.8, 4) is 28.5 Å². The van der Waals surface area contributed by atoms with Crippen LogP contribution in [0.15, 0.2) is 89.0 Å². The van der Waals surface area contributed by atoms with Crippen LogP contribution in [-0.2, 0) is 0 Å². The number of hydrogen-bond donors (Lipinski definition) is 1. The van der Waals surface area contributed by atoms with Crippen LogP contribution in [0.4, 0.5) is 0 Å². The highest BCUT2D eigenvalue weighted by atomic mass is 32.1. The molecule has 0 aliphatic rings. The van der Waals surface area contributed by atoms with Crippen LogP contribution in [0.25, 0.3) is 28.5 Å². The van der Waals surface area contributed by atoms with Crippen LogP contribution >= 0.6 is 12.2 Å².